The van der Waals surface area contributed by atoms with E-state index in [-0.39, 0.29) is 17.3 Å². The Bertz CT molecular complexity index is 886. The molecule has 5 nitrogen and oxygen atoms in total. The van der Waals surface area contributed by atoms with Gasteiger partial charge in [0.05, 0.1) is 10.8 Å². The molecule has 1 N–H and O–H groups in total. The maximum absolute atomic E-state index is 13.0. The standard InChI is InChI=1S/C18H18ClFN2O3S/c19-14-3-7-16(8-4-14)21-18(23)13-2-1-11-22(12-13)26(24,25)17-9-5-15(20)6-10-17/h3-10,13H,1-2,11-12H2,(H,21,23)/t13-/m0/s1. The lowest BCUT2D eigenvalue weighted by molar-refractivity contribution is -0.120. The normalized spacial score (nSPS) is 18.5. The molecular weight excluding hydrogens is 379 g/mol. The summed E-state index contributed by atoms with van der Waals surface area (Å²) in [5.74, 6) is -1.18. The number of rotatable bonds is 4. The number of carbonyl (C=O) groups excluding carboxylic acids is 1. The van der Waals surface area contributed by atoms with Crippen LogP contribution in [0, 0.1) is 11.7 Å². The Hall–Kier alpha value is -1.96. The molecule has 1 saturated heterocycles. The Kier molecular flexibility index (Phi) is 5.60. The minimum Gasteiger partial charge on any atom is -0.326 e. The van der Waals surface area contributed by atoms with E-state index in [4.69, 9.17) is 11.6 Å². The Morgan fingerprint density at radius 3 is 2.42 bits per heavy atom. The minimum atomic E-state index is -3.75. The van der Waals surface area contributed by atoms with Gasteiger partial charge in [-0.1, -0.05) is 11.6 Å². The Labute approximate surface area is 156 Å². The maximum atomic E-state index is 13.0. The third-order valence-corrected chi connectivity index (χ3v) is 6.45. The van der Waals surface area contributed by atoms with E-state index in [0.29, 0.717) is 30.1 Å². The largest absolute Gasteiger partial charge is 0.326 e. The number of sulfonamides is 1. The van der Waals surface area contributed by atoms with E-state index in [9.17, 15) is 17.6 Å². The van der Waals surface area contributed by atoms with E-state index < -0.39 is 21.8 Å². The van der Waals surface area contributed by atoms with Crippen molar-refractivity contribution >= 4 is 33.2 Å². The third kappa shape index (κ3) is 4.23. The summed E-state index contributed by atoms with van der Waals surface area (Å²) in [7, 11) is -3.75. The molecule has 0 aliphatic carbocycles. The second-order valence-electron chi connectivity index (χ2n) is 6.15. The summed E-state index contributed by atoms with van der Waals surface area (Å²) < 4.78 is 39.8. The van der Waals surface area contributed by atoms with Crippen LogP contribution >= 0.6 is 11.6 Å². The lowest BCUT2D eigenvalue weighted by atomic mass is 9.99. The van der Waals surface area contributed by atoms with Gasteiger partial charge in [-0.3, -0.25) is 4.79 Å². The summed E-state index contributed by atoms with van der Waals surface area (Å²) in [5, 5.41) is 3.36. The molecule has 26 heavy (non-hydrogen) atoms. The van der Waals surface area contributed by atoms with Crippen LogP contribution in [0.15, 0.2) is 53.4 Å². The molecule has 0 unspecified atom stereocenters. The molecule has 1 heterocycles. The molecular formula is C18H18ClFN2O3S. The van der Waals surface area contributed by atoms with Crippen molar-refractivity contribution in [2.24, 2.45) is 5.92 Å². The lowest BCUT2D eigenvalue weighted by Crippen LogP contribution is -2.43. The zero-order valence-corrected chi connectivity index (χ0v) is 15.4. The van der Waals surface area contributed by atoms with Crippen molar-refractivity contribution in [3.05, 3.63) is 59.4 Å². The SMILES string of the molecule is O=C(Nc1ccc(Cl)cc1)[C@H]1CCCN(S(=O)(=O)c2ccc(F)cc2)C1. The molecule has 0 radical (unpaired) electrons. The third-order valence-electron chi connectivity index (χ3n) is 4.32. The van der Waals surface area contributed by atoms with Gasteiger partial charge in [0.2, 0.25) is 15.9 Å². The van der Waals surface area contributed by atoms with Crippen LogP contribution in [-0.2, 0) is 14.8 Å². The van der Waals surface area contributed by atoms with Gasteiger partial charge in [0.15, 0.2) is 0 Å². The molecule has 1 aliphatic rings. The molecule has 0 saturated carbocycles. The fraction of sp³-hybridized carbons (Fsp3) is 0.278. The summed E-state index contributed by atoms with van der Waals surface area (Å²) in [6.07, 6.45) is 1.19. The van der Waals surface area contributed by atoms with Crippen molar-refractivity contribution in [1.29, 1.82) is 0 Å². The van der Waals surface area contributed by atoms with E-state index in [1.165, 1.54) is 16.4 Å². The van der Waals surface area contributed by atoms with Crippen molar-refractivity contribution in [1.82, 2.24) is 4.31 Å². The summed E-state index contributed by atoms with van der Waals surface area (Å²) in [4.78, 5) is 12.5. The number of carbonyl (C=O) groups is 1. The van der Waals surface area contributed by atoms with E-state index in [0.717, 1.165) is 12.1 Å². The molecule has 3 rings (SSSR count). The molecule has 138 valence electrons. The van der Waals surface area contributed by atoms with Gasteiger partial charge in [-0.15, -0.1) is 0 Å². The maximum Gasteiger partial charge on any atom is 0.243 e. The minimum absolute atomic E-state index is 0.0256. The number of piperidine rings is 1. The molecule has 0 aromatic heterocycles. The molecule has 2 aromatic rings. The monoisotopic (exact) mass is 396 g/mol. The topological polar surface area (TPSA) is 66.5 Å². The Morgan fingerprint density at radius 2 is 1.77 bits per heavy atom. The summed E-state index contributed by atoms with van der Waals surface area (Å²) in [6.45, 7) is 0.434. The molecule has 1 atom stereocenters. The molecule has 1 fully saturated rings. The predicted octanol–water partition coefficient (Wildman–Crippen LogP) is 3.52. The number of nitrogens with zero attached hydrogens (tertiary/aromatic N) is 1. The van der Waals surface area contributed by atoms with E-state index in [2.05, 4.69) is 5.32 Å². The van der Waals surface area contributed by atoms with Crippen LogP contribution in [0.2, 0.25) is 5.02 Å². The van der Waals surface area contributed by atoms with E-state index in [1.54, 1.807) is 24.3 Å². The number of hydrogen-bond donors (Lipinski definition) is 1. The first-order chi connectivity index (χ1) is 12.4. The summed E-state index contributed by atoms with van der Waals surface area (Å²) in [5.41, 5.74) is 0.609. The molecule has 0 bridgehead atoms. The summed E-state index contributed by atoms with van der Waals surface area (Å²) >= 11 is 5.82. The van der Waals surface area contributed by atoms with E-state index >= 15 is 0 Å². The van der Waals surface area contributed by atoms with Gasteiger partial charge in [0, 0.05) is 23.8 Å². The van der Waals surface area contributed by atoms with Crippen LogP contribution in [0.25, 0.3) is 0 Å². The van der Waals surface area contributed by atoms with Crippen molar-refractivity contribution in [3.8, 4) is 0 Å². The summed E-state index contributed by atoms with van der Waals surface area (Å²) in [6, 6.07) is 11.4. The highest BCUT2D eigenvalue weighted by molar-refractivity contribution is 7.89. The van der Waals surface area contributed by atoms with Crippen LogP contribution in [-0.4, -0.2) is 31.7 Å². The fourth-order valence-corrected chi connectivity index (χ4v) is 4.56. The second-order valence-corrected chi connectivity index (χ2v) is 8.53. The number of amides is 1. The Morgan fingerprint density at radius 1 is 1.12 bits per heavy atom. The average Bonchev–Trinajstić information content (AvgIpc) is 2.64. The molecule has 2 aromatic carbocycles. The first-order valence-electron chi connectivity index (χ1n) is 8.18. The van der Waals surface area contributed by atoms with Crippen molar-refractivity contribution in [2.45, 2.75) is 17.7 Å². The van der Waals surface area contributed by atoms with Crippen LogP contribution in [0.3, 0.4) is 0 Å². The van der Waals surface area contributed by atoms with Crippen LogP contribution in [0.5, 0.6) is 0 Å². The smallest absolute Gasteiger partial charge is 0.243 e. The van der Waals surface area contributed by atoms with Gasteiger partial charge < -0.3 is 5.32 Å². The number of nitrogens with one attached hydrogen (secondary N) is 1. The zero-order chi connectivity index (χ0) is 18.7. The quantitative estimate of drug-likeness (QED) is 0.859. The fourth-order valence-electron chi connectivity index (χ4n) is 2.91. The van der Waals surface area contributed by atoms with E-state index in [1.807, 2.05) is 0 Å². The predicted molar refractivity (Wildman–Crippen MR) is 98.0 cm³/mol. The molecule has 0 spiro atoms. The Balaban J connectivity index is 1.71. The highest BCUT2D eigenvalue weighted by Crippen LogP contribution is 2.25. The molecule has 8 heteroatoms. The van der Waals surface area contributed by atoms with Gasteiger partial charge in [0.1, 0.15) is 5.82 Å². The van der Waals surface area contributed by atoms with Crippen LogP contribution in [0.1, 0.15) is 12.8 Å². The zero-order valence-electron chi connectivity index (χ0n) is 13.9. The number of hydrogen-bond acceptors (Lipinski definition) is 3. The van der Waals surface area contributed by atoms with Gasteiger partial charge in [-0.05, 0) is 61.4 Å². The first-order valence-corrected chi connectivity index (χ1v) is 10.0. The molecule has 1 amide bonds. The van der Waals surface area contributed by atoms with Crippen molar-refractivity contribution < 1.29 is 17.6 Å². The van der Waals surface area contributed by atoms with Gasteiger partial charge in [-0.2, -0.15) is 4.31 Å². The molecule has 1 aliphatic heterocycles. The highest BCUT2D eigenvalue weighted by Gasteiger charge is 2.33. The second kappa shape index (κ2) is 7.73. The van der Waals surface area contributed by atoms with Crippen LogP contribution < -0.4 is 5.32 Å². The lowest BCUT2D eigenvalue weighted by Gasteiger charge is -2.31. The first kappa shape index (κ1) is 18.8. The average molecular weight is 397 g/mol. The number of anilines is 1. The van der Waals surface area contributed by atoms with Crippen molar-refractivity contribution in [2.75, 3.05) is 18.4 Å². The number of halogens is 2. The van der Waals surface area contributed by atoms with Gasteiger partial charge >= 0.3 is 0 Å². The highest BCUT2D eigenvalue weighted by atomic mass is 35.5. The van der Waals surface area contributed by atoms with Crippen LogP contribution in [0.4, 0.5) is 10.1 Å². The number of benzene rings is 2. The van der Waals surface area contributed by atoms with Crippen molar-refractivity contribution in [3.63, 3.8) is 0 Å². The van der Waals surface area contributed by atoms with Gasteiger partial charge in [-0.25, -0.2) is 12.8 Å². The van der Waals surface area contributed by atoms with Gasteiger partial charge in [0.25, 0.3) is 0 Å².